The molecule has 0 fully saturated rings. The summed E-state index contributed by atoms with van der Waals surface area (Å²) < 4.78 is 10.4. The van der Waals surface area contributed by atoms with E-state index in [2.05, 4.69) is 5.32 Å². The summed E-state index contributed by atoms with van der Waals surface area (Å²) >= 11 is 6.16. The van der Waals surface area contributed by atoms with Gasteiger partial charge in [-0.05, 0) is 49.2 Å². The van der Waals surface area contributed by atoms with Gasteiger partial charge in [-0.2, -0.15) is 0 Å². The number of ether oxygens (including phenoxy) is 2. The van der Waals surface area contributed by atoms with Gasteiger partial charge in [0.05, 0.1) is 12.1 Å². The van der Waals surface area contributed by atoms with Crippen molar-refractivity contribution in [3.05, 3.63) is 52.0 Å². The third-order valence-corrected chi connectivity index (χ3v) is 3.61. The highest BCUT2D eigenvalue weighted by Crippen LogP contribution is 2.36. The lowest BCUT2D eigenvalue weighted by Crippen LogP contribution is -2.20. The first-order chi connectivity index (χ1) is 11.8. The van der Waals surface area contributed by atoms with Gasteiger partial charge in [0.2, 0.25) is 0 Å². The molecule has 25 heavy (non-hydrogen) atoms. The highest BCUT2D eigenvalue weighted by Gasteiger charge is 2.17. The van der Waals surface area contributed by atoms with Crippen LogP contribution in [-0.4, -0.2) is 25.5 Å². The lowest BCUT2D eigenvalue weighted by atomic mass is 10.1. The summed E-state index contributed by atoms with van der Waals surface area (Å²) in [6.07, 6.45) is 0. The van der Waals surface area contributed by atoms with Crippen LogP contribution in [0.3, 0.4) is 0 Å². The second-order valence-electron chi connectivity index (χ2n) is 5.57. The van der Waals surface area contributed by atoms with Gasteiger partial charge >= 0.3 is 0 Å². The Morgan fingerprint density at radius 1 is 1.12 bits per heavy atom. The molecule has 0 unspecified atom stereocenters. The van der Waals surface area contributed by atoms with Gasteiger partial charge in [0.25, 0.3) is 11.8 Å². The molecule has 2 aromatic rings. The second-order valence-corrected chi connectivity index (χ2v) is 5.98. The molecule has 0 spiro atoms. The van der Waals surface area contributed by atoms with Crippen LogP contribution < -0.4 is 20.5 Å². The number of hydrogen-bond acceptors (Lipinski definition) is 4. The van der Waals surface area contributed by atoms with Gasteiger partial charge in [0.1, 0.15) is 0 Å². The molecular formula is C18H19ClN2O4. The Bertz CT molecular complexity index is 801. The van der Waals surface area contributed by atoms with Crippen molar-refractivity contribution >= 4 is 29.1 Å². The summed E-state index contributed by atoms with van der Waals surface area (Å²) in [7, 11) is 1.41. The first-order valence-electron chi connectivity index (χ1n) is 7.48. The van der Waals surface area contributed by atoms with Crippen LogP contribution >= 0.6 is 11.6 Å². The summed E-state index contributed by atoms with van der Waals surface area (Å²) in [4.78, 5) is 23.4. The number of hydrogen-bond donors (Lipinski definition) is 2. The van der Waals surface area contributed by atoms with E-state index >= 15 is 0 Å². The van der Waals surface area contributed by atoms with Gasteiger partial charge in [0.15, 0.2) is 18.1 Å². The zero-order chi connectivity index (χ0) is 18.6. The van der Waals surface area contributed by atoms with E-state index in [-0.39, 0.29) is 29.0 Å². The Morgan fingerprint density at radius 3 is 2.32 bits per heavy atom. The topological polar surface area (TPSA) is 90.7 Å². The van der Waals surface area contributed by atoms with Gasteiger partial charge in [0, 0.05) is 11.3 Å². The molecule has 0 heterocycles. The van der Waals surface area contributed by atoms with Crippen LogP contribution in [-0.2, 0) is 4.79 Å². The zero-order valence-corrected chi connectivity index (χ0v) is 14.9. The van der Waals surface area contributed by atoms with Crippen LogP contribution in [0.25, 0.3) is 0 Å². The van der Waals surface area contributed by atoms with Gasteiger partial charge in [-0.3, -0.25) is 9.59 Å². The van der Waals surface area contributed by atoms with Crippen molar-refractivity contribution in [1.82, 2.24) is 0 Å². The quantitative estimate of drug-likeness (QED) is 0.826. The number of nitrogens with one attached hydrogen (secondary N) is 1. The number of methoxy groups -OCH3 is 1. The fourth-order valence-electron chi connectivity index (χ4n) is 2.38. The van der Waals surface area contributed by atoms with Gasteiger partial charge in [-0.1, -0.05) is 17.7 Å². The minimum absolute atomic E-state index is 0.145. The monoisotopic (exact) mass is 362 g/mol. The number of nitrogens with two attached hydrogens (primary N) is 1. The summed E-state index contributed by atoms with van der Waals surface area (Å²) in [5.74, 6) is -0.591. The minimum Gasteiger partial charge on any atom is -0.493 e. The molecule has 2 aromatic carbocycles. The van der Waals surface area contributed by atoms with Crippen LogP contribution in [0.2, 0.25) is 5.02 Å². The van der Waals surface area contributed by atoms with Crippen LogP contribution in [0, 0.1) is 13.8 Å². The molecule has 0 atom stereocenters. The smallest absolute Gasteiger partial charge is 0.255 e. The van der Waals surface area contributed by atoms with E-state index in [0.717, 1.165) is 11.1 Å². The molecule has 2 amide bonds. The molecule has 0 aliphatic rings. The fraction of sp³-hybridized carbons (Fsp3) is 0.222. The SMILES string of the molecule is COc1cc(C(=O)Nc2cc(C)cc(C)c2)cc(Cl)c1OCC(N)=O. The highest BCUT2D eigenvalue weighted by atomic mass is 35.5. The van der Waals surface area contributed by atoms with Crippen LogP contribution in [0.4, 0.5) is 5.69 Å². The number of carbonyl (C=O) groups is 2. The molecule has 7 heteroatoms. The standard InChI is InChI=1S/C18H19ClN2O4/c1-10-4-11(2)6-13(5-10)21-18(23)12-7-14(19)17(15(8-12)24-3)25-9-16(20)22/h4-8H,9H2,1-3H3,(H2,20,22)(H,21,23). The summed E-state index contributed by atoms with van der Waals surface area (Å²) in [5, 5.41) is 2.96. The lowest BCUT2D eigenvalue weighted by Gasteiger charge is -2.14. The van der Waals surface area contributed by atoms with Gasteiger partial charge in [-0.15, -0.1) is 0 Å². The van der Waals surface area contributed by atoms with Crippen molar-refractivity contribution in [1.29, 1.82) is 0 Å². The van der Waals surface area contributed by atoms with Crippen molar-refractivity contribution in [3.8, 4) is 11.5 Å². The Kier molecular flexibility index (Phi) is 5.88. The molecule has 0 aliphatic carbocycles. The first-order valence-corrected chi connectivity index (χ1v) is 7.86. The summed E-state index contributed by atoms with van der Waals surface area (Å²) in [6.45, 7) is 3.56. The van der Waals surface area contributed by atoms with Crippen molar-refractivity contribution in [2.75, 3.05) is 19.0 Å². The Morgan fingerprint density at radius 2 is 1.76 bits per heavy atom. The number of primary amides is 1. The predicted molar refractivity (Wildman–Crippen MR) is 96.6 cm³/mol. The number of carbonyl (C=O) groups excluding carboxylic acids is 2. The van der Waals surface area contributed by atoms with Gasteiger partial charge in [-0.25, -0.2) is 0 Å². The van der Waals surface area contributed by atoms with Crippen molar-refractivity contribution in [2.24, 2.45) is 5.73 Å². The van der Waals surface area contributed by atoms with Crippen molar-refractivity contribution in [2.45, 2.75) is 13.8 Å². The highest BCUT2D eigenvalue weighted by molar-refractivity contribution is 6.32. The third-order valence-electron chi connectivity index (χ3n) is 3.33. The zero-order valence-electron chi connectivity index (χ0n) is 14.2. The number of rotatable bonds is 6. The summed E-state index contributed by atoms with van der Waals surface area (Å²) in [5.41, 5.74) is 8.13. The van der Waals surface area contributed by atoms with Crippen molar-refractivity contribution < 1.29 is 19.1 Å². The van der Waals surface area contributed by atoms with E-state index in [1.165, 1.54) is 19.2 Å². The van der Waals surface area contributed by atoms with E-state index in [1.54, 1.807) is 0 Å². The van der Waals surface area contributed by atoms with E-state index in [0.29, 0.717) is 11.3 Å². The largest absolute Gasteiger partial charge is 0.493 e. The van der Waals surface area contributed by atoms with E-state index in [9.17, 15) is 9.59 Å². The maximum atomic E-state index is 12.5. The molecular weight excluding hydrogens is 344 g/mol. The van der Waals surface area contributed by atoms with E-state index < -0.39 is 5.91 Å². The molecule has 2 rings (SSSR count). The number of amides is 2. The molecule has 0 radical (unpaired) electrons. The Balaban J connectivity index is 2.27. The molecule has 0 bridgehead atoms. The van der Waals surface area contributed by atoms with Crippen LogP contribution in [0.15, 0.2) is 30.3 Å². The van der Waals surface area contributed by atoms with Crippen molar-refractivity contribution in [3.63, 3.8) is 0 Å². The molecule has 3 N–H and O–H groups in total. The molecule has 0 saturated carbocycles. The first kappa shape index (κ1) is 18.6. The predicted octanol–water partition coefficient (Wildman–Crippen LogP) is 3.08. The normalized spacial score (nSPS) is 10.2. The molecule has 132 valence electrons. The Hall–Kier alpha value is -2.73. The number of anilines is 1. The van der Waals surface area contributed by atoms with Gasteiger partial charge < -0.3 is 20.5 Å². The molecule has 0 aliphatic heterocycles. The molecule has 0 saturated heterocycles. The maximum Gasteiger partial charge on any atom is 0.255 e. The van der Waals surface area contributed by atoms with Crippen LogP contribution in [0.5, 0.6) is 11.5 Å². The number of aryl methyl sites for hydroxylation is 2. The molecule has 6 nitrogen and oxygen atoms in total. The summed E-state index contributed by atoms with van der Waals surface area (Å²) in [6, 6.07) is 8.68. The Labute approximate surface area is 150 Å². The second kappa shape index (κ2) is 7.90. The number of halogens is 1. The fourth-order valence-corrected chi connectivity index (χ4v) is 2.65. The van der Waals surface area contributed by atoms with E-state index in [1.807, 2.05) is 32.0 Å². The molecule has 0 aromatic heterocycles. The minimum atomic E-state index is -0.644. The number of benzene rings is 2. The van der Waals surface area contributed by atoms with E-state index in [4.69, 9.17) is 26.8 Å². The van der Waals surface area contributed by atoms with Crippen LogP contribution in [0.1, 0.15) is 21.5 Å². The maximum absolute atomic E-state index is 12.5. The average Bonchev–Trinajstić information content (AvgIpc) is 2.51. The average molecular weight is 363 g/mol. The third kappa shape index (κ3) is 4.87. The lowest BCUT2D eigenvalue weighted by molar-refractivity contribution is -0.119.